The van der Waals surface area contributed by atoms with Crippen LogP contribution in [0.5, 0.6) is 11.5 Å². The summed E-state index contributed by atoms with van der Waals surface area (Å²) < 4.78 is 24.4. The number of carbonyl (C=O) groups is 3. The molecule has 0 aromatic heterocycles. The molecule has 0 unspecified atom stereocenters. The largest absolute Gasteiger partial charge is 0.494 e. The SMILES string of the molecule is COc1cc(N(CCN2CCN(CC(=O)O)CC2)C(=O)CCCOc2ccc(F)cc2)ccc1NC(=O)Nc1ccccc1C. The maximum Gasteiger partial charge on any atom is 0.323 e. The number of carboxylic acids is 1. The average Bonchev–Trinajstić information content (AvgIpc) is 3.02. The van der Waals surface area contributed by atoms with Gasteiger partial charge in [0.2, 0.25) is 5.91 Å². The Bertz CT molecular complexity index is 1450. The number of rotatable bonds is 14. The van der Waals surface area contributed by atoms with Gasteiger partial charge in [-0.05, 0) is 61.4 Å². The Hall–Kier alpha value is -4.68. The van der Waals surface area contributed by atoms with Crippen LogP contribution in [0.15, 0.2) is 66.7 Å². The number of carbonyl (C=O) groups excluding carboxylic acids is 2. The van der Waals surface area contributed by atoms with Gasteiger partial charge >= 0.3 is 12.0 Å². The highest BCUT2D eigenvalue weighted by Gasteiger charge is 2.22. The number of halogens is 1. The van der Waals surface area contributed by atoms with Crippen molar-refractivity contribution < 1.29 is 33.4 Å². The molecule has 1 saturated heterocycles. The van der Waals surface area contributed by atoms with E-state index in [0.29, 0.717) is 80.9 Å². The first kappa shape index (κ1) is 33.2. The minimum absolute atomic E-state index is 0.0155. The highest BCUT2D eigenvalue weighted by Crippen LogP contribution is 2.31. The Morgan fingerprint density at radius 1 is 0.933 bits per heavy atom. The molecular weight excluding hydrogens is 581 g/mol. The second kappa shape index (κ2) is 16.4. The lowest BCUT2D eigenvalue weighted by atomic mass is 10.2. The number of urea groups is 1. The maximum atomic E-state index is 13.6. The number of amides is 3. The zero-order valence-electron chi connectivity index (χ0n) is 25.6. The van der Waals surface area contributed by atoms with E-state index in [9.17, 15) is 18.8 Å². The number of aryl methyl sites for hydroxylation is 1. The lowest BCUT2D eigenvalue weighted by Crippen LogP contribution is -2.50. The van der Waals surface area contributed by atoms with Crippen LogP contribution in [0.2, 0.25) is 0 Å². The number of nitrogens with one attached hydrogen (secondary N) is 2. The number of nitrogens with zero attached hydrogens (tertiary/aromatic N) is 3. The van der Waals surface area contributed by atoms with Crippen LogP contribution in [-0.2, 0) is 9.59 Å². The smallest absolute Gasteiger partial charge is 0.323 e. The molecule has 3 aromatic rings. The summed E-state index contributed by atoms with van der Waals surface area (Å²) in [6, 6.07) is 18.0. The molecule has 0 bridgehead atoms. The van der Waals surface area contributed by atoms with Gasteiger partial charge in [-0.15, -0.1) is 0 Å². The predicted molar refractivity (Wildman–Crippen MR) is 171 cm³/mol. The first-order valence-corrected chi connectivity index (χ1v) is 14.9. The van der Waals surface area contributed by atoms with Gasteiger partial charge in [-0.25, -0.2) is 9.18 Å². The molecule has 3 amide bonds. The van der Waals surface area contributed by atoms with E-state index in [4.69, 9.17) is 14.6 Å². The summed E-state index contributed by atoms with van der Waals surface area (Å²) in [4.78, 5) is 43.2. The van der Waals surface area contributed by atoms with E-state index in [-0.39, 0.29) is 24.7 Å². The van der Waals surface area contributed by atoms with Gasteiger partial charge < -0.3 is 30.1 Å². The summed E-state index contributed by atoms with van der Waals surface area (Å²) in [5, 5.41) is 14.7. The minimum atomic E-state index is -0.844. The van der Waals surface area contributed by atoms with Gasteiger partial charge in [0.05, 0.1) is 25.9 Å². The molecule has 12 heteroatoms. The van der Waals surface area contributed by atoms with Gasteiger partial charge in [-0.1, -0.05) is 18.2 Å². The number of para-hydroxylation sites is 1. The fourth-order valence-corrected chi connectivity index (χ4v) is 5.02. The molecule has 45 heavy (non-hydrogen) atoms. The predicted octanol–water partition coefficient (Wildman–Crippen LogP) is 4.68. The molecule has 3 aromatic carbocycles. The van der Waals surface area contributed by atoms with Gasteiger partial charge in [0.15, 0.2) is 0 Å². The molecule has 3 N–H and O–H groups in total. The van der Waals surface area contributed by atoms with Gasteiger partial charge in [0.25, 0.3) is 0 Å². The molecule has 1 aliphatic heterocycles. The second-order valence-corrected chi connectivity index (χ2v) is 10.7. The Morgan fingerprint density at radius 2 is 1.62 bits per heavy atom. The average molecular weight is 622 g/mol. The summed E-state index contributed by atoms with van der Waals surface area (Å²) in [6.07, 6.45) is 0.672. The summed E-state index contributed by atoms with van der Waals surface area (Å²) >= 11 is 0. The van der Waals surface area contributed by atoms with Gasteiger partial charge in [-0.3, -0.25) is 19.4 Å². The van der Waals surface area contributed by atoms with Crippen molar-refractivity contribution in [2.75, 3.05) is 75.1 Å². The molecule has 0 aliphatic carbocycles. The van der Waals surface area contributed by atoms with Crippen molar-refractivity contribution in [3.8, 4) is 11.5 Å². The normalized spacial score (nSPS) is 13.6. The third kappa shape index (κ3) is 10.2. The first-order valence-electron chi connectivity index (χ1n) is 14.9. The van der Waals surface area contributed by atoms with Crippen molar-refractivity contribution in [1.82, 2.24) is 9.80 Å². The van der Waals surface area contributed by atoms with Gasteiger partial charge in [-0.2, -0.15) is 0 Å². The van der Waals surface area contributed by atoms with E-state index in [1.165, 1.54) is 19.2 Å². The second-order valence-electron chi connectivity index (χ2n) is 10.7. The molecule has 11 nitrogen and oxygen atoms in total. The summed E-state index contributed by atoms with van der Waals surface area (Å²) in [5.41, 5.74) is 2.68. The van der Waals surface area contributed by atoms with Crippen LogP contribution in [0.1, 0.15) is 18.4 Å². The van der Waals surface area contributed by atoms with Gasteiger partial charge in [0.1, 0.15) is 17.3 Å². The van der Waals surface area contributed by atoms with Crippen molar-refractivity contribution in [2.24, 2.45) is 0 Å². The summed E-state index contributed by atoms with van der Waals surface area (Å²) in [5.74, 6) is -0.375. The molecule has 1 heterocycles. The maximum absolute atomic E-state index is 13.6. The number of hydrogen-bond acceptors (Lipinski definition) is 7. The number of anilines is 3. The van der Waals surface area contributed by atoms with E-state index < -0.39 is 12.0 Å². The van der Waals surface area contributed by atoms with E-state index in [0.717, 1.165) is 5.56 Å². The Labute approximate surface area is 262 Å². The first-order chi connectivity index (χ1) is 21.7. The zero-order valence-corrected chi connectivity index (χ0v) is 25.6. The zero-order chi connectivity index (χ0) is 32.2. The molecule has 240 valence electrons. The number of benzene rings is 3. The van der Waals surface area contributed by atoms with E-state index in [1.54, 1.807) is 35.2 Å². The van der Waals surface area contributed by atoms with E-state index >= 15 is 0 Å². The van der Waals surface area contributed by atoms with Crippen molar-refractivity contribution in [1.29, 1.82) is 0 Å². The molecule has 1 fully saturated rings. The third-order valence-corrected chi connectivity index (χ3v) is 7.52. The fraction of sp³-hybridized carbons (Fsp3) is 0.364. The topological polar surface area (TPSA) is 124 Å². The Kier molecular flexibility index (Phi) is 12.1. The monoisotopic (exact) mass is 621 g/mol. The molecule has 1 aliphatic rings. The number of hydrogen-bond donors (Lipinski definition) is 3. The van der Waals surface area contributed by atoms with E-state index in [2.05, 4.69) is 15.5 Å². The van der Waals surface area contributed by atoms with Crippen LogP contribution >= 0.6 is 0 Å². The highest BCUT2D eigenvalue weighted by molar-refractivity contribution is 6.01. The molecule has 4 rings (SSSR count). The van der Waals surface area contributed by atoms with Crippen LogP contribution in [-0.4, -0.2) is 92.3 Å². The quantitative estimate of drug-likeness (QED) is 0.222. The van der Waals surface area contributed by atoms with Crippen molar-refractivity contribution in [3.63, 3.8) is 0 Å². The molecule has 0 saturated carbocycles. The van der Waals surface area contributed by atoms with Crippen molar-refractivity contribution in [2.45, 2.75) is 19.8 Å². The lowest BCUT2D eigenvalue weighted by Gasteiger charge is -2.35. The molecular formula is C33H40FN5O6. The van der Waals surface area contributed by atoms with Crippen LogP contribution < -0.4 is 25.0 Å². The number of piperazine rings is 1. The molecule has 0 spiro atoms. The highest BCUT2D eigenvalue weighted by atomic mass is 19.1. The summed E-state index contributed by atoms with van der Waals surface area (Å²) in [6.45, 7) is 5.88. The Balaban J connectivity index is 1.42. The number of carboxylic acid groups (broad SMARTS) is 1. The fourth-order valence-electron chi connectivity index (χ4n) is 5.02. The van der Waals surface area contributed by atoms with Crippen LogP contribution in [0, 0.1) is 12.7 Å². The number of methoxy groups -OCH3 is 1. The standard InChI is InChI=1S/C33H40FN5O6/c1-24-6-3-4-7-28(24)35-33(43)36-29-14-11-26(22-30(29)44-2)39(20-19-37-15-17-38(18-16-37)23-32(41)42)31(40)8-5-21-45-27-12-9-25(34)10-13-27/h3-4,6-7,9-14,22H,5,8,15-21,23H2,1-2H3,(H,41,42)(H2,35,36,43). The van der Waals surface area contributed by atoms with Crippen LogP contribution in [0.25, 0.3) is 0 Å². The molecule has 0 atom stereocenters. The van der Waals surface area contributed by atoms with Crippen LogP contribution in [0.3, 0.4) is 0 Å². The van der Waals surface area contributed by atoms with Crippen molar-refractivity contribution in [3.05, 3.63) is 78.1 Å². The molecule has 0 radical (unpaired) electrons. The lowest BCUT2D eigenvalue weighted by molar-refractivity contribution is -0.138. The van der Waals surface area contributed by atoms with Crippen molar-refractivity contribution >= 4 is 35.0 Å². The number of aliphatic carboxylic acids is 1. The van der Waals surface area contributed by atoms with Gasteiger partial charge in [0, 0.05) is 63.1 Å². The number of ether oxygens (including phenoxy) is 2. The third-order valence-electron chi connectivity index (χ3n) is 7.52. The Morgan fingerprint density at radius 3 is 2.31 bits per heavy atom. The minimum Gasteiger partial charge on any atom is -0.494 e. The van der Waals surface area contributed by atoms with Crippen LogP contribution in [0.4, 0.5) is 26.2 Å². The summed E-state index contributed by atoms with van der Waals surface area (Å²) in [7, 11) is 1.50. The van der Waals surface area contributed by atoms with E-state index in [1.807, 2.05) is 36.1 Å².